The summed E-state index contributed by atoms with van der Waals surface area (Å²) in [6, 6.07) is 6.47. The van der Waals surface area contributed by atoms with Crippen LogP contribution in [0.1, 0.15) is 56.8 Å². The van der Waals surface area contributed by atoms with Crippen molar-refractivity contribution in [3.05, 3.63) is 69.4 Å². The Morgan fingerprint density at radius 3 is 2.67 bits per heavy atom. The lowest BCUT2D eigenvalue weighted by atomic mass is 10.1. The van der Waals surface area contributed by atoms with Gasteiger partial charge in [-0.3, -0.25) is 9.59 Å². The number of carboxylic acids is 1. The molecule has 4 rings (SSSR count). The summed E-state index contributed by atoms with van der Waals surface area (Å²) >= 11 is 1.36. The number of amides is 2. The maximum Gasteiger partial charge on any atom is 0.410 e. The second-order valence-electron chi connectivity index (χ2n) is 10.1. The van der Waals surface area contributed by atoms with Gasteiger partial charge in [0.05, 0.1) is 30.8 Å². The topological polar surface area (TPSA) is 140 Å². The monoisotopic (exact) mass is 554 g/mol. The van der Waals surface area contributed by atoms with Crippen LogP contribution in [0.4, 0.5) is 4.79 Å². The van der Waals surface area contributed by atoms with Gasteiger partial charge < -0.3 is 29.4 Å². The number of fused-ring (bicyclic) bond motifs is 1. The van der Waals surface area contributed by atoms with Crippen molar-refractivity contribution in [3.8, 4) is 5.75 Å². The molecule has 0 unspecified atom stereocenters. The van der Waals surface area contributed by atoms with Crippen LogP contribution in [0.3, 0.4) is 0 Å². The van der Waals surface area contributed by atoms with Crippen LogP contribution in [0.15, 0.2) is 43.0 Å². The normalized spacial score (nSPS) is 12.9. The summed E-state index contributed by atoms with van der Waals surface area (Å²) < 4.78 is 12.6. The molecule has 3 heterocycles. The fraction of sp³-hybridized carbons (Fsp3) is 0.370. The molecule has 12 heteroatoms. The molecule has 11 nitrogen and oxygen atoms in total. The number of carbonyl (C=O) groups is 4. The first kappa shape index (κ1) is 27.8. The molecule has 2 N–H and O–H groups in total. The van der Waals surface area contributed by atoms with Gasteiger partial charge in [0.2, 0.25) is 0 Å². The first-order valence-electron chi connectivity index (χ1n) is 12.3. The van der Waals surface area contributed by atoms with Crippen molar-refractivity contribution in [1.82, 2.24) is 19.8 Å². The van der Waals surface area contributed by atoms with Gasteiger partial charge in [-0.25, -0.2) is 14.6 Å². The SMILES string of the molecule is CC(C)(C)OC(=O)N1CCc2sc(C(=O)NCC(=O)c3ccc(OCC(=O)O)c(Cn4ccnc4)c3)cc2C1. The first-order valence-corrected chi connectivity index (χ1v) is 13.1. The minimum absolute atomic E-state index is 0.217. The van der Waals surface area contributed by atoms with Gasteiger partial charge in [-0.15, -0.1) is 11.3 Å². The Balaban J connectivity index is 1.39. The zero-order chi connectivity index (χ0) is 28.2. The molecule has 0 bridgehead atoms. The summed E-state index contributed by atoms with van der Waals surface area (Å²) in [5, 5.41) is 11.6. The number of imidazole rings is 1. The van der Waals surface area contributed by atoms with Gasteiger partial charge in [0, 0.05) is 34.9 Å². The number of aromatic nitrogens is 2. The highest BCUT2D eigenvalue weighted by Gasteiger charge is 2.28. The van der Waals surface area contributed by atoms with Gasteiger partial charge in [0.1, 0.15) is 11.4 Å². The van der Waals surface area contributed by atoms with Crippen LogP contribution < -0.4 is 10.1 Å². The van der Waals surface area contributed by atoms with Crippen LogP contribution in [0.5, 0.6) is 5.75 Å². The van der Waals surface area contributed by atoms with Crippen LogP contribution in [-0.4, -0.2) is 68.6 Å². The van der Waals surface area contributed by atoms with Crippen LogP contribution in [0.25, 0.3) is 0 Å². The predicted molar refractivity (Wildman–Crippen MR) is 142 cm³/mol. The van der Waals surface area contributed by atoms with Crippen molar-refractivity contribution in [3.63, 3.8) is 0 Å². The van der Waals surface area contributed by atoms with Crippen molar-refractivity contribution in [2.75, 3.05) is 19.7 Å². The molecule has 0 atom stereocenters. The molecule has 39 heavy (non-hydrogen) atoms. The van der Waals surface area contributed by atoms with Crippen LogP contribution in [0.2, 0.25) is 0 Å². The second-order valence-corrected chi connectivity index (χ2v) is 11.2. The Morgan fingerprint density at radius 1 is 1.18 bits per heavy atom. The molecule has 0 fully saturated rings. The molecule has 3 aromatic rings. The number of carbonyl (C=O) groups excluding carboxylic acids is 3. The number of rotatable bonds is 9. The molecule has 0 aliphatic carbocycles. The summed E-state index contributed by atoms with van der Waals surface area (Å²) in [5.74, 6) is -1.44. The van der Waals surface area contributed by atoms with E-state index >= 15 is 0 Å². The van der Waals surface area contributed by atoms with Crippen molar-refractivity contribution >= 4 is 35.1 Å². The lowest BCUT2D eigenvalue weighted by Crippen LogP contribution is -2.39. The van der Waals surface area contributed by atoms with Crippen molar-refractivity contribution in [2.45, 2.75) is 45.9 Å². The maximum absolute atomic E-state index is 12.9. The smallest absolute Gasteiger partial charge is 0.410 e. The molecule has 1 aliphatic rings. The number of Topliss-reactive ketones (excluding diaryl/α,β-unsaturated/α-hetero) is 1. The van der Waals surface area contributed by atoms with E-state index in [9.17, 15) is 19.2 Å². The van der Waals surface area contributed by atoms with Gasteiger partial charge in [-0.1, -0.05) is 0 Å². The van der Waals surface area contributed by atoms with Crippen molar-refractivity contribution in [2.24, 2.45) is 0 Å². The Kier molecular flexibility index (Phi) is 8.34. The van der Waals surface area contributed by atoms with E-state index in [1.54, 1.807) is 46.4 Å². The van der Waals surface area contributed by atoms with E-state index in [0.29, 0.717) is 47.8 Å². The summed E-state index contributed by atoms with van der Waals surface area (Å²) in [5.41, 5.74) is 1.27. The van der Waals surface area contributed by atoms with Crippen LogP contribution in [-0.2, 0) is 29.0 Å². The number of hydrogen-bond donors (Lipinski definition) is 2. The number of carboxylic acid groups (broad SMARTS) is 1. The quantitative estimate of drug-likeness (QED) is 0.384. The molecule has 206 valence electrons. The summed E-state index contributed by atoms with van der Waals surface area (Å²) in [6.07, 6.45) is 5.19. The van der Waals surface area contributed by atoms with E-state index in [1.165, 1.54) is 17.4 Å². The molecule has 1 aliphatic heterocycles. The Bertz CT molecular complexity index is 1380. The molecule has 0 saturated carbocycles. The summed E-state index contributed by atoms with van der Waals surface area (Å²) in [7, 11) is 0. The van der Waals surface area contributed by atoms with Crippen molar-refractivity contribution < 1.29 is 33.8 Å². The largest absolute Gasteiger partial charge is 0.482 e. The molecular weight excluding hydrogens is 524 g/mol. The molecule has 0 radical (unpaired) electrons. The second kappa shape index (κ2) is 11.7. The third-order valence-corrected chi connectivity index (χ3v) is 7.03. The molecule has 1 aromatic carbocycles. The third-order valence-electron chi connectivity index (χ3n) is 5.80. The van der Waals surface area contributed by atoms with Gasteiger partial charge in [0.15, 0.2) is 12.4 Å². The minimum Gasteiger partial charge on any atom is -0.482 e. The predicted octanol–water partition coefficient (Wildman–Crippen LogP) is 3.36. The number of ether oxygens (including phenoxy) is 2. The standard InChI is InChI=1S/C27H30N4O7S/c1-27(2,3)38-26(36)31-8-6-22-19(14-31)11-23(39-22)25(35)29-12-20(32)17-4-5-21(37-15-24(33)34)18(10-17)13-30-9-7-28-16-30/h4-5,7,9-11,16H,6,8,12-15H2,1-3H3,(H,29,35)(H,33,34). The number of benzene rings is 1. The van der Waals surface area contributed by atoms with Crippen molar-refractivity contribution in [1.29, 1.82) is 0 Å². The van der Waals surface area contributed by atoms with E-state index in [0.717, 1.165) is 10.4 Å². The van der Waals surface area contributed by atoms with Gasteiger partial charge in [0.25, 0.3) is 5.91 Å². The summed E-state index contributed by atoms with van der Waals surface area (Å²) in [6.45, 7) is 5.91. The average Bonchev–Trinajstić information content (AvgIpc) is 3.54. The lowest BCUT2D eigenvalue weighted by Gasteiger charge is -2.29. The summed E-state index contributed by atoms with van der Waals surface area (Å²) in [4.78, 5) is 56.3. The number of nitrogens with zero attached hydrogens (tertiary/aromatic N) is 3. The number of hydrogen-bond acceptors (Lipinski definition) is 8. The Hall–Kier alpha value is -4.19. The zero-order valence-electron chi connectivity index (χ0n) is 21.9. The highest BCUT2D eigenvalue weighted by atomic mass is 32.1. The number of ketones is 1. The van der Waals surface area contributed by atoms with E-state index in [2.05, 4.69) is 10.3 Å². The van der Waals surface area contributed by atoms with E-state index in [-0.39, 0.29) is 24.3 Å². The van der Waals surface area contributed by atoms with Gasteiger partial charge >= 0.3 is 12.1 Å². The first-order chi connectivity index (χ1) is 18.5. The van der Waals surface area contributed by atoms with Crippen LogP contribution >= 0.6 is 11.3 Å². The molecule has 2 aromatic heterocycles. The molecular formula is C27H30N4O7S. The zero-order valence-corrected chi connectivity index (χ0v) is 22.7. The molecule has 0 spiro atoms. The molecule has 2 amide bonds. The number of nitrogens with one attached hydrogen (secondary N) is 1. The average molecular weight is 555 g/mol. The van der Waals surface area contributed by atoms with Crippen LogP contribution in [0, 0.1) is 0 Å². The lowest BCUT2D eigenvalue weighted by molar-refractivity contribution is -0.139. The Morgan fingerprint density at radius 2 is 1.97 bits per heavy atom. The number of aliphatic carboxylic acids is 1. The van der Waals surface area contributed by atoms with Gasteiger partial charge in [-0.2, -0.15) is 0 Å². The highest BCUT2D eigenvalue weighted by molar-refractivity contribution is 7.14. The third kappa shape index (κ3) is 7.44. The maximum atomic E-state index is 12.9. The van der Waals surface area contributed by atoms with E-state index in [1.807, 2.05) is 20.8 Å². The van der Waals surface area contributed by atoms with E-state index < -0.39 is 18.2 Å². The fourth-order valence-corrected chi connectivity index (χ4v) is 5.09. The van der Waals surface area contributed by atoms with Gasteiger partial charge in [-0.05, 0) is 57.0 Å². The number of thiophene rings is 1. The molecule has 0 saturated heterocycles. The minimum atomic E-state index is -1.11. The van der Waals surface area contributed by atoms with E-state index in [4.69, 9.17) is 14.6 Å². The Labute approximate surface area is 229 Å². The fourth-order valence-electron chi connectivity index (χ4n) is 4.01. The highest BCUT2D eigenvalue weighted by Crippen LogP contribution is 2.29.